The van der Waals surface area contributed by atoms with E-state index in [0.29, 0.717) is 6.54 Å². The molecule has 0 saturated carbocycles. The van der Waals surface area contributed by atoms with Gasteiger partial charge in [-0.15, -0.1) is 22.7 Å². The molecule has 2 N–H and O–H groups in total. The molecule has 0 fully saturated rings. The molecule has 2 aromatic heterocycles. The van der Waals surface area contributed by atoms with Crippen molar-refractivity contribution in [2.24, 2.45) is 0 Å². The molecule has 2 heterocycles. The number of nitrogens with zero attached hydrogens (tertiary/aromatic N) is 1. The Bertz CT molecular complexity index is 765. The second-order valence-electron chi connectivity index (χ2n) is 4.70. The third kappa shape index (κ3) is 3.72. The molecule has 3 aromatic rings. The van der Waals surface area contributed by atoms with Crippen LogP contribution in [0.25, 0.3) is 10.6 Å². The Morgan fingerprint density at radius 1 is 1.18 bits per heavy atom. The largest absolute Gasteiger partial charge is 0.351 e. The van der Waals surface area contributed by atoms with Crippen LogP contribution in [0.3, 0.4) is 0 Å². The second-order valence-corrected chi connectivity index (χ2v) is 6.73. The van der Waals surface area contributed by atoms with Gasteiger partial charge in [-0.05, 0) is 24.3 Å². The van der Waals surface area contributed by atoms with Crippen molar-refractivity contribution >= 4 is 39.4 Å². The summed E-state index contributed by atoms with van der Waals surface area (Å²) in [6.45, 7) is 2.09. The molecule has 4 nitrogen and oxygen atoms in total. The minimum atomic E-state index is -0.0158. The smallest absolute Gasteiger partial charge is 0.217 e. The van der Waals surface area contributed by atoms with Gasteiger partial charge in [0.2, 0.25) is 5.91 Å². The number of thiophene rings is 1. The molecule has 0 saturated heterocycles. The molecule has 0 unspecified atom stereocenters. The highest BCUT2D eigenvalue weighted by Gasteiger charge is 2.08. The number of hydrogen-bond donors (Lipinski definition) is 2. The Morgan fingerprint density at radius 2 is 2.00 bits per heavy atom. The second kappa shape index (κ2) is 6.72. The first kappa shape index (κ1) is 14.7. The molecule has 22 heavy (non-hydrogen) atoms. The Kier molecular flexibility index (Phi) is 4.50. The summed E-state index contributed by atoms with van der Waals surface area (Å²) in [4.78, 5) is 17.8. The molecule has 0 aliphatic carbocycles. The van der Waals surface area contributed by atoms with E-state index in [-0.39, 0.29) is 5.91 Å². The SMILES string of the molecule is CC(=O)NCc1ccc(-c2csc(Nc3ccccc3)n2)s1. The lowest BCUT2D eigenvalue weighted by Crippen LogP contribution is -2.17. The lowest BCUT2D eigenvalue weighted by Gasteiger charge is -2.00. The summed E-state index contributed by atoms with van der Waals surface area (Å²) in [5.41, 5.74) is 1.99. The molecule has 1 amide bonds. The summed E-state index contributed by atoms with van der Waals surface area (Å²) >= 11 is 3.23. The van der Waals surface area contributed by atoms with Gasteiger partial charge in [-0.25, -0.2) is 4.98 Å². The van der Waals surface area contributed by atoms with Gasteiger partial charge >= 0.3 is 0 Å². The van der Waals surface area contributed by atoms with Gasteiger partial charge in [0.15, 0.2) is 5.13 Å². The van der Waals surface area contributed by atoms with Crippen molar-refractivity contribution in [2.75, 3.05) is 5.32 Å². The maximum absolute atomic E-state index is 10.9. The van der Waals surface area contributed by atoms with Crippen LogP contribution in [0.15, 0.2) is 47.8 Å². The maximum atomic E-state index is 10.9. The van der Waals surface area contributed by atoms with Crippen molar-refractivity contribution in [3.63, 3.8) is 0 Å². The van der Waals surface area contributed by atoms with Gasteiger partial charge in [-0.2, -0.15) is 0 Å². The highest BCUT2D eigenvalue weighted by Crippen LogP contribution is 2.31. The van der Waals surface area contributed by atoms with Crippen molar-refractivity contribution in [3.8, 4) is 10.6 Å². The number of aromatic nitrogens is 1. The highest BCUT2D eigenvalue weighted by atomic mass is 32.1. The summed E-state index contributed by atoms with van der Waals surface area (Å²) in [6.07, 6.45) is 0. The number of para-hydroxylation sites is 1. The van der Waals surface area contributed by atoms with Gasteiger partial charge < -0.3 is 10.6 Å². The summed E-state index contributed by atoms with van der Waals surface area (Å²) in [6, 6.07) is 14.1. The number of benzene rings is 1. The zero-order chi connectivity index (χ0) is 15.4. The van der Waals surface area contributed by atoms with Crippen LogP contribution in [0.1, 0.15) is 11.8 Å². The topological polar surface area (TPSA) is 54.0 Å². The maximum Gasteiger partial charge on any atom is 0.217 e. The third-order valence-electron chi connectivity index (χ3n) is 2.95. The standard InChI is InChI=1S/C16H15N3OS2/c1-11(20)17-9-13-7-8-15(22-13)14-10-21-16(19-14)18-12-5-3-2-4-6-12/h2-8,10H,9H2,1H3,(H,17,20)(H,18,19). The summed E-state index contributed by atoms with van der Waals surface area (Å²) in [7, 11) is 0. The molecule has 6 heteroatoms. The number of amides is 1. The van der Waals surface area contributed by atoms with E-state index in [9.17, 15) is 4.79 Å². The minimum absolute atomic E-state index is 0.0158. The summed E-state index contributed by atoms with van der Waals surface area (Å²) in [5.74, 6) is -0.0158. The minimum Gasteiger partial charge on any atom is -0.351 e. The molecule has 0 aliphatic heterocycles. The number of hydrogen-bond acceptors (Lipinski definition) is 5. The fourth-order valence-electron chi connectivity index (χ4n) is 1.91. The number of carbonyl (C=O) groups excluding carboxylic acids is 1. The zero-order valence-electron chi connectivity index (χ0n) is 12.0. The number of thiazole rings is 1. The summed E-state index contributed by atoms with van der Waals surface area (Å²) < 4.78 is 0. The third-order valence-corrected chi connectivity index (χ3v) is 4.82. The average molecular weight is 329 g/mol. The Labute approximate surface area is 136 Å². The van der Waals surface area contributed by atoms with Crippen LogP contribution in [0.4, 0.5) is 10.8 Å². The van der Waals surface area contributed by atoms with Crippen LogP contribution in [0.2, 0.25) is 0 Å². The molecule has 0 radical (unpaired) electrons. The van der Waals surface area contributed by atoms with Crippen molar-refractivity contribution in [1.82, 2.24) is 10.3 Å². The van der Waals surface area contributed by atoms with Gasteiger partial charge in [-0.3, -0.25) is 4.79 Å². The van der Waals surface area contributed by atoms with Crippen molar-refractivity contribution in [2.45, 2.75) is 13.5 Å². The van der Waals surface area contributed by atoms with Gasteiger partial charge in [0, 0.05) is 22.9 Å². The monoisotopic (exact) mass is 329 g/mol. The molecule has 3 rings (SSSR count). The van der Waals surface area contributed by atoms with Gasteiger partial charge in [0.05, 0.1) is 17.1 Å². The first-order valence-electron chi connectivity index (χ1n) is 6.82. The molecule has 1 aromatic carbocycles. The molecule has 0 atom stereocenters. The van der Waals surface area contributed by atoms with Crippen LogP contribution in [-0.4, -0.2) is 10.9 Å². The molecule has 112 valence electrons. The van der Waals surface area contributed by atoms with Crippen molar-refractivity contribution in [1.29, 1.82) is 0 Å². The van der Waals surface area contributed by atoms with E-state index >= 15 is 0 Å². The Balaban J connectivity index is 1.69. The van der Waals surface area contributed by atoms with Crippen LogP contribution in [0.5, 0.6) is 0 Å². The number of carbonyl (C=O) groups is 1. The van der Waals surface area contributed by atoms with E-state index in [0.717, 1.165) is 26.3 Å². The van der Waals surface area contributed by atoms with Crippen LogP contribution in [-0.2, 0) is 11.3 Å². The highest BCUT2D eigenvalue weighted by molar-refractivity contribution is 7.17. The zero-order valence-corrected chi connectivity index (χ0v) is 13.6. The van der Waals surface area contributed by atoms with E-state index in [1.807, 2.05) is 47.8 Å². The average Bonchev–Trinajstić information content (AvgIpc) is 3.15. The van der Waals surface area contributed by atoms with Gasteiger partial charge in [0.25, 0.3) is 0 Å². The number of anilines is 2. The Hall–Kier alpha value is -2.18. The Morgan fingerprint density at radius 3 is 2.77 bits per heavy atom. The number of nitrogens with one attached hydrogen (secondary N) is 2. The van der Waals surface area contributed by atoms with Crippen LogP contribution in [0, 0.1) is 0 Å². The molecule has 0 bridgehead atoms. The lowest BCUT2D eigenvalue weighted by atomic mass is 10.3. The molecule has 0 aliphatic rings. The lowest BCUT2D eigenvalue weighted by molar-refractivity contribution is -0.119. The fourth-order valence-corrected chi connectivity index (χ4v) is 3.62. The van der Waals surface area contributed by atoms with Gasteiger partial charge in [-0.1, -0.05) is 18.2 Å². The van der Waals surface area contributed by atoms with Crippen LogP contribution < -0.4 is 10.6 Å². The first-order chi connectivity index (χ1) is 10.7. The van der Waals surface area contributed by atoms with Crippen molar-refractivity contribution in [3.05, 3.63) is 52.7 Å². The molecular weight excluding hydrogens is 314 g/mol. The van der Waals surface area contributed by atoms with E-state index < -0.39 is 0 Å². The van der Waals surface area contributed by atoms with Gasteiger partial charge in [0.1, 0.15) is 0 Å². The predicted octanol–water partition coefficient (Wildman–Crippen LogP) is 4.25. The van der Waals surface area contributed by atoms with E-state index in [4.69, 9.17) is 0 Å². The predicted molar refractivity (Wildman–Crippen MR) is 92.7 cm³/mol. The van der Waals surface area contributed by atoms with E-state index in [2.05, 4.69) is 15.6 Å². The molecular formula is C16H15N3OS2. The molecule has 0 spiro atoms. The van der Waals surface area contributed by atoms with E-state index in [1.165, 1.54) is 6.92 Å². The normalized spacial score (nSPS) is 10.4. The quantitative estimate of drug-likeness (QED) is 0.736. The fraction of sp³-hybridized carbons (Fsp3) is 0.125. The number of rotatable bonds is 5. The first-order valence-corrected chi connectivity index (χ1v) is 8.51. The van der Waals surface area contributed by atoms with Crippen LogP contribution >= 0.6 is 22.7 Å². The van der Waals surface area contributed by atoms with E-state index in [1.54, 1.807) is 22.7 Å². The van der Waals surface area contributed by atoms with Crippen molar-refractivity contribution < 1.29 is 4.79 Å². The summed E-state index contributed by atoms with van der Waals surface area (Å²) in [5, 5.41) is 9.02.